The summed E-state index contributed by atoms with van der Waals surface area (Å²) in [7, 11) is 0. The van der Waals surface area contributed by atoms with Crippen LogP contribution >= 0.6 is 24.0 Å². The normalized spacial score (nSPS) is 17.8. The van der Waals surface area contributed by atoms with Crippen LogP contribution in [0.15, 0.2) is 23.1 Å². The van der Waals surface area contributed by atoms with Crippen molar-refractivity contribution in [1.82, 2.24) is 4.90 Å². The number of amides is 1. The van der Waals surface area contributed by atoms with Crippen LogP contribution in [-0.2, 0) is 4.79 Å². The van der Waals surface area contributed by atoms with Crippen molar-refractivity contribution in [2.24, 2.45) is 0 Å². The number of aliphatic hydroxyl groups excluding tert-OH is 1. The minimum absolute atomic E-state index is 0.0380. The number of unbranched alkanes of at least 4 members (excludes halogenated alkanes) is 1. The first kappa shape index (κ1) is 19.0. The summed E-state index contributed by atoms with van der Waals surface area (Å²) in [5.74, 6) is 0.0972. The molecule has 0 aliphatic carbocycles. The quantitative estimate of drug-likeness (QED) is 0.568. The molecule has 1 aliphatic rings. The average Bonchev–Trinajstić information content (AvgIpc) is 2.82. The predicted octanol–water partition coefficient (Wildman–Crippen LogP) is 3.84. The van der Waals surface area contributed by atoms with Gasteiger partial charge in [-0.05, 0) is 43.0 Å². The lowest BCUT2D eigenvalue weighted by Gasteiger charge is -2.26. The molecule has 1 saturated heterocycles. The van der Waals surface area contributed by atoms with Crippen LogP contribution in [-0.4, -0.2) is 38.0 Å². The van der Waals surface area contributed by atoms with Gasteiger partial charge >= 0.3 is 0 Å². The molecule has 0 radical (unpaired) electrons. The van der Waals surface area contributed by atoms with Crippen molar-refractivity contribution in [1.29, 1.82) is 0 Å². The number of phenols is 1. The summed E-state index contributed by atoms with van der Waals surface area (Å²) < 4.78 is 0.539. The van der Waals surface area contributed by atoms with Gasteiger partial charge in [0.15, 0.2) is 0 Å². The van der Waals surface area contributed by atoms with E-state index < -0.39 is 0 Å². The van der Waals surface area contributed by atoms with E-state index in [0.29, 0.717) is 15.6 Å². The van der Waals surface area contributed by atoms with E-state index in [-0.39, 0.29) is 24.3 Å². The van der Waals surface area contributed by atoms with Crippen LogP contribution in [0.5, 0.6) is 5.75 Å². The summed E-state index contributed by atoms with van der Waals surface area (Å²) >= 11 is 6.67. The molecule has 2 rings (SSSR count). The highest BCUT2D eigenvalue weighted by atomic mass is 32.2. The maximum absolute atomic E-state index is 12.8. The molecule has 1 unspecified atom stereocenters. The zero-order chi connectivity index (χ0) is 17.7. The van der Waals surface area contributed by atoms with Gasteiger partial charge in [0.1, 0.15) is 10.1 Å². The molecule has 0 spiro atoms. The molecule has 1 amide bonds. The highest BCUT2D eigenvalue weighted by molar-refractivity contribution is 8.26. The van der Waals surface area contributed by atoms with E-state index >= 15 is 0 Å². The van der Waals surface area contributed by atoms with Crippen molar-refractivity contribution in [3.05, 3.63) is 34.2 Å². The Labute approximate surface area is 152 Å². The fourth-order valence-electron chi connectivity index (χ4n) is 2.65. The fourth-order valence-corrected chi connectivity index (χ4v) is 4.05. The zero-order valence-electron chi connectivity index (χ0n) is 14.0. The third kappa shape index (κ3) is 4.37. The standard InChI is InChI=1S/C18H23NO3S2/c1-3-4-5-14(8-9-20)19-17(22)16(24-18(19)23)11-13-7-6-12(2)15(21)10-13/h6-7,10-11,14,20-21H,3-5,8-9H2,1-2H3/b16-11-. The topological polar surface area (TPSA) is 60.8 Å². The molecule has 0 aromatic heterocycles. The third-order valence-corrected chi connectivity index (χ3v) is 5.40. The lowest BCUT2D eigenvalue weighted by atomic mass is 10.1. The number of aromatic hydroxyl groups is 1. The number of thioether (sulfide) groups is 1. The predicted molar refractivity (Wildman–Crippen MR) is 103 cm³/mol. The summed E-state index contributed by atoms with van der Waals surface area (Å²) in [4.78, 5) is 15.0. The van der Waals surface area contributed by atoms with Crippen molar-refractivity contribution in [3.63, 3.8) is 0 Å². The molecule has 6 heteroatoms. The number of hydrogen-bond acceptors (Lipinski definition) is 5. The van der Waals surface area contributed by atoms with Crippen LogP contribution in [0.3, 0.4) is 0 Å². The molecule has 130 valence electrons. The average molecular weight is 366 g/mol. The minimum Gasteiger partial charge on any atom is -0.508 e. The largest absolute Gasteiger partial charge is 0.508 e. The maximum Gasteiger partial charge on any atom is 0.266 e. The lowest BCUT2D eigenvalue weighted by Crippen LogP contribution is -2.39. The molecule has 1 fully saturated rings. The molecule has 1 heterocycles. The minimum atomic E-state index is -0.111. The van der Waals surface area contributed by atoms with Crippen LogP contribution in [0.2, 0.25) is 0 Å². The Morgan fingerprint density at radius 2 is 2.12 bits per heavy atom. The molecule has 1 atom stereocenters. The second kappa shape index (κ2) is 8.65. The van der Waals surface area contributed by atoms with Crippen LogP contribution < -0.4 is 0 Å². The Bertz CT molecular complexity index is 658. The monoisotopic (exact) mass is 365 g/mol. The van der Waals surface area contributed by atoms with Gasteiger partial charge < -0.3 is 10.2 Å². The van der Waals surface area contributed by atoms with E-state index in [9.17, 15) is 15.0 Å². The van der Waals surface area contributed by atoms with Crippen molar-refractivity contribution < 1.29 is 15.0 Å². The summed E-state index contributed by atoms with van der Waals surface area (Å²) in [6.07, 6.45) is 5.16. The number of phenolic OH excluding ortho intramolecular Hbond substituents is 1. The molecule has 1 aromatic carbocycles. The Balaban J connectivity index is 2.23. The van der Waals surface area contributed by atoms with E-state index in [2.05, 4.69) is 6.92 Å². The highest BCUT2D eigenvalue weighted by Crippen LogP contribution is 2.36. The van der Waals surface area contributed by atoms with Gasteiger partial charge in [-0.15, -0.1) is 0 Å². The van der Waals surface area contributed by atoms with Gasteiger partial charge in [-0.3, -0.25) is 9.69 Å². The third-order valence-electron chi connectivity index (χ3n) is 4.07. The van der Waals surface area contributed by atoms with E-state index in [1.807, 2.05) is 19.1 Å². The number of aliphatic hydroxyl groups is 1. The molecule has 1 aromatic rings. The zero-order valence-corrected chi connectivity index (χ0v) is 15.6. The highest BCUT2D eigenvalue weighted by Gasteiger charge is 2.36. The molecule has 0 bridgehead atoms. The molecule has 4 nitrogen and oxygen atoms in total. The van der Waals surface area contributed by atoms with Gasteiger partial charge in [-0.2, -0.15) is 0 Å². The Kier molecular flexibility index (Phi) is 6.83. The molecule has 0 saturated carbocycles. The smallest absolute Gasteiger partial charge is 0.266 e. The summed E-state index contributed by atoms with van der Waals surface area (Å²) in [6, 6.07) is 5.27. The second-order valence-electron chi connectivity index (χ2n) is 5.91. The summed E-state index contributed by atoms with van der Waals surface area (Å²) in [5, 5.41) is 19.1. The number of rotatable bonds is 7. The SMILES string of the molecule is CCCCC(CCO)N1C(=O)/C(=C/c2ccc(C)c(O)c2)SC1=S. The number of aryl methyl sites for hydroxylation is 1. The van der Waals surface area contributed by atoms with Crippen molar-refractivity contribution in [2.75, 3.05) is 6.61 Å². The fraction of sp³-hybridized carbons (Fsp3) is 0.444. The van der Waals surface area contributed by atoms with Gasteiger partial charge in [0, 0.05) is 12.6 Å². The van der Waals surface area contributed by atoms with Gasteiger partial charge in [-0.25, -0.2) is 0 Å². The van der Waals surface area contributed by atoms with Crippen molar-refractivity contribution in [3.8, 4) is 5.75 Å². The van der Waals surface area contributed by atoms with E-state index in [4.69, 9.17) is 12.2 Å². The summed E-state index contributed by atoms with van der Waals surface area (Å²) in [6.45, 7) is 3.96. The second-order valence-corrected chi connectivity index (χ2v) is 7.58. The maximum atomic E-state index is 12.8. The van der Waals surface area contributed by atoms with Crippen LogP contribution in [0.4, 0.5) is 0 Å². The van der Waals surface area contributed by atoms with Gasteiger partial charge in [-0.1, -0.05) is 55.9 Å². The Hall–Kier alpha value is -1.37. The number of hydrogen-bond donors (Lipinski definition) is 2. The Morgan fingerprint density at radius 3 is 2.75 bits per heavy atom. The van der Waals surface area contributed by atoms with Crippen molar-refractivity contribution in [2.45, 2.75) is 45.6 Å². The van der Waals surface area contributed by atoms with Crippen LogP contribution in [0, 0.1) is 6.92 Å². The first-order chi connectivity index (χ1) is 11.5. The first-order valence-corrected chi connectivity index (χ1v) is 9.38. The number of thiocarbonyl (C=S) groups is 1. The Morgan fingerprint density at radius 1 is 1.38 bits per heavy atom. The molecular formula is C18H23NO3S2. The molecular weight excluding hydrogens is 342 g/mol. The van der Waals surface area contributed by atoms with Crippen LogP contribution in [0.25, 0.3) is 6.08 Å². The van der Waals surface area contributed by atoms with E-state index in [1.165, 1.54) is 11.8 Å². The van der Waals surface area contributed by atoms with Gasteiger partial charge in [0.05, 0.1) is 4.91 Å². The van der Waals surface area contributed by atoms with Crippen LogP contribution in [0.1, 0.15) is 43.7 Å². The first-order valence-electron chi connectivity index (χ1n) is 8.15. The number of nitrogens with zero attached hydrogens (tertiary/aromatic N) is 1. The van der Waals surface area contributed by atoms with E-state index in [1.54, 1.807) is 17.0 Å². The van der Waals surface area contributed by atoms with Gasteiger partial charge in [0.25, 0.3) is 5.91 Å². The summed E-state index contributed by atoms with van der Waals surface area (Å²) in [5.41, 5.74) is 1.56. The van der Waals surface area contributed by atoms with Crippen molar-refractivity contribution >= 4 is 40.3 Å². The lowest BCUT2D eigenvalue weighted by molar-refractivity contribution is -0.123. The number of benzene rings is 1. The molecule has 1 aliphatic heterocycles. The number of carbonyl (C=O) groups excluding carboxylic acids is 1. The van der Waals surface area contributed by atoms with E-state index in [0.717, 1.165) is 30.4 Å². The molecule has 24 heavy (non-hydrogen) atoms. The number of carbonyl (C=O) groups is 1. The molecule has 2 N–H and O–H groups in total. The van der Waals surface area contributed by atoms with Gasteiger partial charge in [0.2, 0.25) is 0 Å².